The molecule has 1 aliphatic heterocycles. The van der Waals surface area contributed by atoms with E-state index in [0.717, 1.165) is 22.3 Å². The number of fused-ring (bicyclic) bond motifs is 1. The van der Waals surface area contributed by atoms with Crippen molar-refractivity contribution in [1.29, 1.82) is 0 Å². The second-order valence-electron chi connectivity index (χ2n) is 9.93. The molecule has 2 N–H and O–H groups in total. The number of carbonyl (C=O) groups is 6. The van der Waals surface area contributed by atoms with E-state index in [2.05, 4.69) is 10.6 Å². The van der Waals surface area contributed by atoms with E-state index in [1.165, 1.54) is 18.2 Å². The lowest BCUT2D eigenvalue weighted by Crippen LogP contribution is -2.36. The van der Waals surface area contributed by atoms with Crippen molar-refractivity contribution in [1.82, 2.24) is 4.90 Å². The van der Waals surface area contributed by atoms with Crippen LogP contribution in [0.15, 0.2) is 54.6 Å². The minimum absolute atomic E-state index is 0.00970. The van der Waals surface area contributed by atoms with Gasteiger partial charge in [0.1, 0.15) is 6.54 Å². The van der Waals surface area contributed by atoms with E-state index in [-0.39, 0.29) is 16.7 Å². The van der Waals surface area contributed by atoms with Gasteiger partial charge in [0.15, 0.2) is 13.2 Å². The van der Waals surface area contributed by atoms with Gasteiger partial charge in [0.25, 0.3) is 23.6 Å². The van der Waals surface area contributed by atoms with Gasteiger partial charge in [0.2, 0.25) is 0 Å². The highest BCUT2D eigenvalue weighted by Crippen LogP contribution is 2.24. The number of aryl methyl sites for hydroxylation is 4. The zero-order valence-electron chi connectivity index (χ0n) is 23.5. The fourth-order valence-corrected chi connectivity index (χ4v) is 4.38. The Kier molecular flexibility index (Phi) is 8.80. The van der Waals surface area contributed by atoms with Gasteiger partial charge >= 0.3 is 11.9 Å². The second-order valence-corrected chi connectivity index (χ2v) is 9.93. The Bertz CT molecular complexity index is 1630. The molecule has 0 aliphatic carbocycles. The number of nitrogens with one attached hydrogen (secondary N) is 2. The molecule has 3 aromatic rings. The number of imide groups is 1. The summed E-state index contributed by atoms with van der Waals surface area (Å²) in [7, 11) is 0. The summed E-state index contributed by atoms with van der Waals surface area (Å²) in [5, 5.41) is 5.30. The van der Waals surface area contributed by atoms with E-state index in [4.69, 9.17) is 9.47 Å². The summed E-state index contributed by atoms with van der Waals surface area (Å²) in [5.41, 5.74) is 4.74. The molecule has 0 spiro atoms. The third-order valence-corrected chi connectivity index (χ3v) is 6.50. The van der Waals surface area contributed by atoms with Crippen molar-refractivity contribution in [2.75, 3.05) is 30.4 Å². The van der Waals surface area contributed by atoms with Crippen LogP contribution in [0, 0.1) is 27.7 Å². The van der Waals surface area contributed by atoms with Gasteiger partial charge in [0, 0.05) is 11.4 Å². The van der Waals surface area contributed by atoms with Gasteiger partial charge < -0.3 is 20.1 Å². The smallest absolute Gasteiger partial charge is 0.338 e. The maximum Gasteiger partial charge on any atom is 0.338 e. The zero-order chi connectivity index (χ0) is 30.6. The molecule has 11 heteroatoms. The number of benzene rings is 3. The van der Waals surface area contributed by atoms with Crippen molar-refractivity contribution in [3.05, 3.63) is 93.5 Å². The van der Waals surface area contributed by atoms with Crippen LogP contribution in [0.4, 0.5) is 11.4 Å². The average Bonchev–Trinajstić information content (AvgIpc) is 3.17. The molecule has 0 saturated carbocycles. The summed E-state index contributed by atoms with van der Waals surface area (Å²) < 4.78 is 10.0. The Morgan fingerprint density at radius 1 is 0.667 bits per heavy atom. The lowest BCUT2D eigenvalue weighted by atomic mass is 10.1. The lowest BCUT2D eigenvalue weighted by Gasteiger charge is -2.13. The fraction of sp³-hybridized carbons (Fsp3) is 0.226. The van der Waals surface area contributed by atoms with E-state index >= 15 is 0 Å². The first-order valence-electron chi connectivity index (χ1n) is 13.0. The SMILES string of the molecule is Cc1ccc(NC(=O)COC(=O)CN2C(=O)c3ccc(C(=O)OCC(=O)Nc4ccc(C)cc4C)cc3C2=O)c(C)c1. The first-order chi connectivity index (χ1) is 19.9. The number of hydrogen-bond acceptors (Lipinski definition) is 8. The van der Waals surface area contributed by atoms with E-state index in [1.54, 1.807) is 12.1 Å². The topological polar surface area (TPSA) is 148 Å². The third-order valence-electron chi connectivity index (χ3n) is 6.50. The van der Waals surface area contributed by atoms with Gasteiger partial charge in [-0.05, 0) is 69.2 Å². The molecule has 42 heavy (non-hydrogen) atoms. The minimum atomic E-state index is -0.963. The van der Waals surface area contributed by atoms with Crippen LogP contribution >= 0.6 is 0 Å². The molecule has 216 valence electrons. The summed E-state index contributed by atoms with van der Waals surface area (Å²) in [6.07, 6.45) is 0. The normalized spacial score (nSPS) is 12.0. The van der Waals surface area contributed by atoms with E-state index < -0.39 is 55.3 Å². The summed E-state index contributed by atoms with van der Waals surface area (Å²) in [6, 6.07) is 14.7. The number of hydrogen-bond donors (Lipinski definition) is 2. The molecule has 4 rings (SSSR count). The Morgan fingerprint density at radius 3 is 1.74 bits per heavy atom. The van der Waals surface area contributed by atoms with Gasteiger partial charge in [0.05, 0.1) is 16.7 Å². The standard InChI is InChI=1S/C31H29N3O8/c1-17-5-9-24(19(3)11-17)32-26(35)15-41-28(37)14-34-29(38)22-8-7-21(13-23(22)30(34)39)31(40)42-16-27(36)33-25-10-6-18(2)12-20(25)4/h5-13H,14-16H2,1-4H3,(H,32,35)(H,33,36). The summed E-state index contributed by atoms with van der Waals surface area (Å²) in [6.45, 7) is 5.61. The molecule has 0 radical (unpaired) electrons. The molecule has 1 heterocycles. The number of amides is 4. The Hall–Kier alpha value is -5.32. The maximum absolute atomic E-state index is 12.9. The molecule has 0 atom stereocenters. The molecule has 11 nitrogen and oxygen atoms in total. The van der Waals surface area contributed by atoms with Crippen molar-refractivity contribution in [2.45, 2.75) is 27.7 Å². The maximum atomic E-state index is 12.9. The molecule has 3 aromatic carbocycles. The molecular weight excluding hydrogens is 542 g/mol. The quantitative estimate of drug-likeness (QED) is 0.293. The molecule has 0 fully saturated rings. The highest BCUT2D eigenvalue weighted by atomic mass is 16.5. The molecule has 0 aromatic heterocycles. The van der Waals surface area contributed by atoms with Gasteiger partial charge in [-0.3, -0.25) is 28.9 Å². The van der Waals surface area contributed by atoms with Crippen molar-refractivity contribution in [3.63, 3.8) is 0 Å². The molecule has 0 bridgehead atoms. The Morgan fingerprint density at radius 2 is 1.19 bits per heavy atom. The predicted molar refractivity (Wildman–Crippen MR) is 152 cm³/mol. The second kappa shape index (κ2) is 12.5. The minimum Gasteiger partial charge on any atom is -0.454 e. The highest BCUT2D eigenvalue weighted by Gasteiger charge is 2.37. The van der Waals surface area contributed by atoms with Gasteiger partial charge in [-0.2, -0.15) is 0 Å². The van der Waals surface area contributed by atoms with Crippen LogP contribution in [0.1, 0.15) is 53.3 Å². The van der Waals surface area contributed by atoms with E-state index in [0.29, 0.717) is 16.3 Å². The first-order valence-corrected chi connectivity index (χ1v) is 13.0. The van der Waals surface area contributed by atoms with Crippen LogP contribution in [0.5, 0.6) is 0 Å². The van der Waals surface area contributed by atoms with Gasteiger partial charge in [-0.15, -0.1) is 0 Å². The average molecular weight is 572 g/mol. The summed E-state index contributed by atoms with van der Waals surface area (Å²) in [4.78, 5) is 75.7. The number of ether oxygens (including phenoxy) is 2. The van der Waals surface area contributed by atoms with Crippen LogP contribution in [-0.2, 0) is 23.9 Å². The lowest BCUT2D eigenvalue weighted by molar-refractivity contribution is -0.147. The molecular formula is C31H29N3O8. The molecule has 0 saturated heterocycles. The van der Waals surface area contributed by atoms with Crippen LogP contribution < -0.4 is 10.6 Å². The summed E-state index contributed by atoms with van der Waals surface area (Å²) >= 11 is 0. The van der Waals surface area contributed by atoms with Crippen molar-refractivity contribution >= 4 is 46.9 Å². The largest absolute Gasteiger partial charge is 0.454 e. The van der Waals surface area contributed by atoms with Crippen LogP contribution in [-0.4, -0.2) is 60.2 Å². The molecule has 0 unspecified atom stereocenters. The van der Waals surface area contributed by atoms with E-state index in [1.807, 2.05) is 52.0 Å². The van der Waals surface area contributed by atoms with E-state index in [9.17, 15) is 28.8 Å². The Labute approximate surface area is 241 Å². The van der Waals surface area contributed by atoms with Crippen LogP contribution in [0.25, 0.3) is 0 Å². The summed E-state index contributed by atoms with van der Waals surface area (Å²) in [5.74, 6) is -4.52. The highest BCUT2D eigenvalue weighted by molar-refractivity contribution is 6.22. The number of anilines is 2. The van der Waals surface area contributed by atoms with Crippen LogP contribution in [0.2, 0.25) is 0 Å². The third kappa shape index (κ3) is 6.87. The Balaban J connectivity index is 1.30. The zero-order valence-corrected chi connectivity index (χ0v) is 23.5. The first kappa shape index (κ1) is 29.7. The van der Waals surface area contributed by atoms with Crippen molar-refractivity contribution in [3.8, 4) is 0 Å². The predicted octanol–water partition coefficient (Wildman–Crippen LogP) is 3.49. The molecule has 1 aliphatic rings. The van der Waals surface area contributed by atoms with Gasteiger partial charge in [-0.1, -0.05) is 35.4 Å². The number of nitrogens with zero attached hydrogens (tertiary/aromatic N) is 1. The number of esters is 2. The number of rotatable bonds is 9. The fourth-order valence-electron chi connectivity index (χ4n) is 4.38. The number of carbonyl (C=O) groups excluding carboxylic acids is 6. The van der Waals surface area contributed by atoms with Crippen LogP contribution in [0.3, 0.4) is 0 Å². The van der Waals surface area contributed by atoms with Crippen molar-refractivity contribution in [2.24, 2.45) is 0 Å². The van der Waals surface area contributed by atoms with Crippen molar-refractivity contribution < 1.29 is 38.2 Å². The molecule has 4 amide bonds. The van der Waals surface area contributed by atoms with Gasteiger partial charge in [-0.25, -0.2) is 4.79 Å². The monoisotopic (exact) mass is 571 g/mol.